The lowest BCUT2D eigenvalue weighted by atomic mass is 9.93. The number of nitrogens with one attached hydrogen (secondary N) is 1. The highest BCUT2D eigenvalue weighted by molar-refractivity contribution is 9.09. The Labute approximate surface area is 130 Å². The van der Waals surface area contributed by atoms with Crippen molar-refractivity contribution in [3.8, 4) is 0 Å². The number of hydrogen-bond acceptors (Lipinski definition) is 1. The fourth-order valence-electron chi connectivity index (χ4n) is 3.18. The highest BCUT2D eigenvalue weighted by atomic mass is 79.9. The number of carbonyl (C=O) groups excluding carboxylic acids is 1. The molecule has 1 unspecified atom stereocenters. The van der Waals surface area contributed by atoms with Gasteiger partial charge >= 0.3 is 0 Å². The van der Waals surface area contributed by atoms with Crippen LogP contribution in [0.4, 0.5) is 0 Å². The molecule has 1 amide bonds. The summed E-state index contributed by atoms with van der Waals surface area (Å²) in [5.41, 5.74) is 0.899. The van der Waals surface area contributed by atoms with Crippen molar-refractivity contribution in [2.75, 3.05) is 5.33 Å². The molecule has 3 heteroatoms. The molecule has 0 spiro atoms. The van der Waals surface area contributed by atoms with Crippen LogP contribution >= 0.6 is 15.9 Å². The molecule has 0 saturated heterocycles. The number of amides is 1. The molecule has 1 aliphatic rings. The van der Waals surface area contributed by atoms with Crippen LogP contribution in [0.2, 0.25) is 0 Å². The van der Waals surface area contributed by atoms with Gasteiger partial charge in [0.1, 0.15) is 0 Å². The predicted octanol–water partition coefficient (Wildman–Crippen LogP) is 4.10. The second kappa shape index (κ2) is 4.87. The van der Waals surface area contributed by atoms with E-state index in [1.165, 1.54) is 0 Å². The van der Waals surface area contributed by atoms with E-state index in [1.807, 2.05) is 18.2 Å². The van der Waals surface area contributed by atoms with Crippen molar-refractivity contribution in [2.24, 2.45) is 16.7 Å². The molecule has 1 atom stereocenters. The summed E-state index contributed by atoms with van der Waals surface area (Å²) >= 11 is 3.55. The molecule has 2 nitrogen and oxygen atoms in total. The summed E-state index contributed by atoms with van der Waals surface area (Å²) in [7, 11) is 0. The number of benzene rings is 1. The SMILES string of the molecule is CC(CBr)(NC(=O)C1C(C)(C)C1(C)C)c1ccccc1. The molecule has 0 heterocycles. The average molecular weight is 338 g/mol. The quantitative estimate of drug-likeness (QED) is 0.823. The Morgan fingerprint density at radius 2 is 1.70 bits per heavy atom. The van der Waals surface area contributed by atoms with Crippen molar-refractivity contribution in [1.29, 1.82) is 0 Å². The lowest BCUT2D eigenvalue weighted by molar-refractivity contribution is -0.125. The Kier molecular flexibility index (Phi) is 3.79. The second-order valence-corrected chi connectivity index (χ2v) is 7.76. The number of alkyl halides is 1. The summed E-state index contributed by atoms with van der Waals surface area (Å²) in [6.07, 6.45) is 0. The molecule has 1 aromatic rings. The standard InChI is InChI=1S/C17H24BrNO/c1-15(2)13(16(15,3)4)14(20)19-17(5,11-18)12-9-7-6-8-10-12/h6-10,13H,11H2,1-5H3,(H,19,20). The summed E-state index contributed by atoms with van der Waals surface area (Å²) in [4.78, 5) is 12.7. The lowest BCUT2D eigenvalue weighted by Gasteiger charge is -2.30. The van der Waals surface area contributed by atoms with Crippen LogP contribution in [0.25, 0.3) is 0 Å². The molecule has 0 aliphatic heterocycles. The fourth-order valence-corrected chi connectivity index (χ4v) is 3.65. The Bertz CT molecular complexity index is 495. The van der Waals surface area contributed by atoms with E-state index in [4.69, 9.17) is 0 Å². The Morgan fingerprint density at radius 3 is 2.10 bits per heavy atom. The maximum atomic E-state index is 12.7. The van der Waals surface area contributed by atoms with Gasteiger partial charge in [0.25, 0.3) is 0 Å². The zero-order valence-electron chi connectivity index (χ0n) is 13.0. The Balaban J connectivity index is 2.18. The molecule has 1 fully saturated rings. The third kappa shape index (κ3) is 2.30. The van der Waals surface area contributed by atoms with Crippen molar-refractivity contribution in [3.63, 3.8) is 0 Å². The minimum absolute atomic E-state index is 0.0704. The van der Waals surface area contributed by atoms with E-state index in [-0.39, 0.29) is 28.2 Å². The number of rotatable bonds is 4. The minimum atomic E-state index is -0.368. The van der Waals surface area contributed by atoms with Gasteiger partial charge in [-0.2, -0.15) is 0 Å². The van der Waals surface area contributed by atoms with Crippen LogP contribution in [0.3, 0.4) is 0 Å². The summed E-state index contributed by atoms with van der Waals surface area (Å²) in [6, 6.07) is 10.1. The van der Waals surface area contributed by atoms with E-state index < -0.39 is 0 Å². The van der Waals surface area contributed by atoms with Gasteiger partial charge in [0.15, 0.2) is 0 Å². The van der Waals surface area contributed by atoms with E-state index in [0.29, 0.717) is 5.33 Å². The van der Waals surface area contributed by atoms with Crippen LogP contribution < -0.4 is 5.32 Å². The number of carbonyl (C=O) groups is 1. The maximum absolute atomic E-state index is 12.7. The molecule has 1 aliphatic carbocycles. The summed E-state index contributed by atoms with van der Waals surface area (Å²) in [5.74, 6) is 0.239. The van der Waals surface area contributed by atoms with Gasteiger partial charge in [0.2, 0.25) is 5.91 Å². The van der Waals surface area contributed by atoms with Crippen LogP contribution in [0.15, 0.2) is 30.3 Å². The molecule has 110 valence electrons. The van der Waals surface area contributed by atoms with E-state index in [1.54, 1.807) is 0 Å². The molecule has 0 bridgehead atoms. The van der Waals surface area contributed by atoms with E-state index in [0.717, 1.165) is 5.56 Å². The molecule has 2 rings (SSSR count). The third-order valence-electron chi connectivity index (χ3n) is 5.36. The van der Waals surface area contributed by atoms with Crippen molar-refractivity contribution in [1.82, 2.24) is 5.32 Å². The average Bonchev–Trinajstić information content (AvgIpc) is 2.80. The number of hydrogen-bond donors (Lipinski definition) is 1. The van der Waals surface area contributed by atoms with Gasteiger partial charge < -0.3 is 5.32 Å². The van der Waals surface area contributed by atoms with Crippen molar-refractivity contribution < 1.29 is 4.79 Å². The monoisotopic (exact) mass is 337 g/mol. The van der Waals surface area contributed by atoms with Crippen molar-refractivity contribution >= 4 is 21.8 Å². The lowest BCUT2D eigenvalue weighted by Crippen LogP contribution is -2.46. The summed E-state index contributed by atoms with van der Waals surface area (Å²) in [6.45, 7) is 10.8. The van der Waals surface area contributed by atoms with Gasteiger partial charge in [-0.1, -0.05) is 74.0 Å². The van der Waals surface area contributed by atoms with Crippen LogP contribution in [-0.2, 0) is 10.3 Å². The van der Waals surface area contributed by atoms with Gasteiger partial charge in [-0.25, -0.2) is 0 Å². The third-order valence-corrected chi connectivity index (χ3v) is 6.48. The van der Waals surface area contributed by atoms with Gasteiger partial charge in [0.05, 0.1) is 5.54 Å². The first-order chi connectivity index (χ1) is 9.17. The first kappa shape index (κ1) is 15.6. The molecule has 0 aromatic heterocycles. The Hall–Kier alpha value is -0.830. The van der Waals surface area contributed by atoms with Crippen LogP contribution in [0.5, 0.6) is 0 Å². The van der Waals surface area contributed by atoms with Gasteiger partial charge in [0, 0.05) is 11.2 Å². The van der Waals surface area contributed by atoms with Crippen molar-refractivity contribution in [3.05, 3.63) is 35.9 Å². The molecular formula is C17H24BrNO. The first-order valence-electron chi connectivity index (χ1n) is 7.10. The summed E-state index contributed by atoms with van der Waals surface area (Å²) in [5, 5.41) is 3.94. The maximum Gasteiger partial charge on any atom is 0.224 e. The smallest absolute Gasteiger partial charge is 0.224 e. The van der Waals surface area contributed by atoms with Crippen LogP contribution in [0.1, 0.15) is 40.2 Å². The molecular weight excluding hydrogens is 314 g/mol. The predicted molar refractivity (Wildman–Crippen MR) is 86.8 cm³/mol. The van der Waals surface area contributed by atoms with E-state index in [9.17, 15) is 4.79 Å². The highest BCUT2D eigenvalue weighted by Crippen LogP contribution is 2.68. The van der Waals surface area contributed by atoms with Gasteiger partial charge in [-0.3, -0.25) is 4.79 Å². The fraction of sp³-hybridized carbons (Fsp3) is 0.588. The topological polar surface area (TPSA) is 29.1 Å². The zero-order chi connectivity index (χ0) is 15.2. The number of halogens is 1. The molecule has 20 heavy (non-hydrogen) atoms. The molecule has 1 saturated carbocycles. The minimum Gasteiger partial charge on any atom is -0.346 e. The zero-order valence-corrected chi connectivity index (χ0v) is 14.5. The van der Waals surface area contributed by atoms with E-state index >= 15 is 0 Å². The summed E-state index contributed by atoms with van der Waals surface area (Å²) < 4.78 is 0. The van der Waals surface area contributed by atoms with Crippen LogP contribution in [-0.4, -0.2) is 11.2 Å². The highest BCUT2D eigenvalue weighted by Gasteiger charge is 2.68. The Morgan fingerprint density at radius 1 is 1.20 bits per heavy atom. The normalized spacial score (nSPS) is 22.9. The van der Waals surface area contributed by atoms with Gasteiger partial charge in [-0.15, -0.1) is 0 Å². The second-order valence-electron chi connectivity index (χ2n) is 7.20. The molecule has 1 N–H and O–H groups in total. The van der Waals surface area contributed by atoms with E-state index in [2.05, 4.69) is 68.0 Å². The largest absolute Gasteiger partial charge is 0.346 e. The first-order valence-corrected chi connectivity index (χ1v) is 8.22. The van der Waals surface area contributed by atoms with Gasteiger partial charge in [-0.05, 0) is 23.3 Å². The van der Waals surface area contributed by atoms with Crippen LogP contribution in [0, 0.1) is 16.7 Å². The molecule has 1 aromatic carbocycles. The van der Waals surface area contributed by atoms with Crippen molar-refractivity contribution in [2.45, 2.75) is 40.2 Å². The molecule has 0 radical (unpaired) electrons.